The van der Waals surface area contributed by atoms with Crippen LogP contribution in [0.4, 0.5) is 10.3 Å². The van der Waals surface area contributed by atoms with E-state index in [0.29, 0.717) is 5.56 Å². The Balaban J connectivity index is 1.61. The summed E-state index contributed by atoms with van der Waals surface area (Å²) in [6, 6.07) is 4.13. The van der Waals surface area contributed by atoms with Crippen LogP contribution in [0.3, 0.4) is 0 Å². The zero-order valence-corrected chi connectivity index (χ0v) is 18.8. The molecule has 0 aliphatic heterocycles. The van der Waals surface area contributed by atoms with Crippen LogP contribution in [0.2, 0.25) is 0 Å². The third-order valence-corrected chi connectivity index (χ3v) is 5.87. The number of ketones is 1. The first-order chi connectivity index (χ1) is 15.7. The van der Waals surface area contributed by atoms with E-state index in [0.717, 1.165) is 0 Å². The van der Waals surface area contributed by atoms with Gasteiger partial charge in [0.1, 0.15) is 13.0 Å². The van der Waals surface area contributed by atoms with Crippen LogP contribution in [0.1, 0.15) is 12.5 Å². The Morgan fingerprint density at radius 1 is 1.33 bits per heavy atom. The number of anilines is 1. The number of nitrogen functional groups attached to an aromatic ring is 1. The molecule has 0 fully saturated rings. The van der Waals surface area contributed by atoms with E-state index in [4.69, 9.17) is 24.3 Å². The molecule has 2 aromatic heterocycles. The van der Waals surface area contributed by atoms with Crippen molar-refractivity contribution in [3.63, 3.8) is 0 Å². The molecule has 33 heavy (non-hydrogen) atoms. The summed E-state index contributed by atoms with van der Waals surface area (Å²) in [6.45, 7) is 0.846. The second-order valence-corrected chi connectivity index (χ2v) is 8.92. The number of nitrogens with one attached hydrogen (secondary N) is 1. The van der Waals surface area contributed by atoms with Crippen molar-refractivity contribution < 1.29 is 32.3 Å². The Bertz CT molecular complexity index is 1240. The first-order valence-corrected chi connectivity index (χ1v) is 11.4. The van der Waals surface area contributed by atoms with Gasteiger partial charge >= 0.3 is 7.60 Å². The van der Waals surface area contributed by atoms with E-state index in [1.165, 1.54) is 32.5 Å². The molecule has 0 saturated carbocycles. The van der Waals surface area contributed by atoms with Crippen LogP contribution in [0, 0.1) is 5.82 Å². The molecule has 2 heterocycles. The molecule has 0 spiro atoms. The Hall–Kier alpha value is -3.12. The molecular formula is C19H23FN5O7P. The summed E-state index contributed by atoms with van der Waals surface area (Å²) >= 11 is 0. The van der Waals surface area contributed by atoms with Crippen molar-refractivity contribution in [2.75, 3.05) is 32.4 Å². The molecule has 12 nitrogen and oxygen atoms in total. The highest BCUT2D eigenvalue weighted by Crippen LogP contribution is 2.49. The van der Waals surface area contributed by atoms with Crippen LogP contribution in [0.5, 0.6) is 5.75 Å². The topological polar surface area (TPSA) is 161 Å². The molecule has 178 valence electrons. The molecule has 0 amide bonds. The summed E-state index contributed by atoms with van der Waals surface area (Å²) in [5.74, 6) is -0.952. The van der Waals surface area contributed by atoms with E-state index in [-0.39, 0.29) is 48.4 Å². The van der Waals surface area contributed by atoms with E-state index in [1.54, 1.807) is 10.6 Å². The number of carbonyl (C=O) groups is 1. The van der Waals surface area contributed by atoms with Crippen LogP contribution in [0.25, 0.3) is 11.2 Å². The van der Waals surface area contributed by atoms with Crippen LogP contribution < -0.4 is 16.0 Å². The van der Waals surface area contributed by atoms with Gasteiger partial charge in [0, 0.05) is 6.54 Å². The first-order valence-electron chi connectivity index (χ1n) is 9.69. The average molecular weight is 483 g/mol. The maximum absolute atomic E-state index is 13.9. The number of ether oxygens (including phenoxy) is 2. The minimum absolute atomic E-state index is 0.0355. The summed E-state index contributed by atoms with van der Waals surface area (Å²) in [6.07, 6.45) is 0.942. The van der Waals surface area contributed by atoms with Gasteiger partial charge in [-0.25, -0.2) is 9.37 Å². The highest BCUT2D eigenvalue weighted by Gasteiger charge is 2.26. The van der Waals surface area contributed by atoms with E-state index in [1.807, 2.05) is 0 Å². The van der Waals surface area contributed by atoms with Gasteiger partial charge in [-0.15, -0.1) is 0 Å². The van der Waals surface area contributed by atoms with Gasteiger partial charge in [0.2, 0.25) is 5.95 Å². The van der Waals surface area contributed by atoms with Crippen molar-refractivity contribution in [2.45, 2.75) is 20.1 Å². The SMILES string of the molecule is COc1ccc(COP(=O)(COCCn2cnc3c(=O)[nH]c(N)nc32)OCC(C)=O)cc1F. The molecule has 3 rings (SSSR count). The van der Waals surface area contributed by atoms with Gasteiger partial charge in [-0.05, 0) is 24.6 Å². The molecule has 0 radical (unpaired) electrons. The number of H-pyrrole nitrogens is 1. The normalized spacial score (nSPS) is 13.2. The lowest BCUT2D eigenvalue weighted by Crippen LogP contribution is -2.14. The van der Waals surface area contributed by atoms with Gasteiger partial charge in [0.15, 0.2) is 28.5 Å². The van der Waals surface area contributed by atoms with E-state index >= 15 is 0 Å². The number of benzene rings is 1. The maximum Gasteiger partial charge on any atom is 0.356 e. The minimum atomic E-state index is -3.86. The number of hydrogen-bond acceptors (Lipinski definition) is 10. The predicted octanol–water partition coefficient (Wildman–Crippen LogP) is 1.84. The summed E-state index contributed by atoms with van der Waals surface area (Å²) in [4.78, 5) is 33.5. The number of aromatic amines is 1. The molecule has 3 aromatic rings. The molecule has 0 aliphatic rings. The third kappa shape index (κ3) is 6.45. The average Bonchev–Trinajstić information content (AvgIpc) is 3.17. The van der Waals surface area contributed by atoms with Gasteiger partial charge in [0.25, 0.3) is 5.56 Å². The standard InChI is InChI=1S/C19H23FN5O7P/c1-12(26)8-31-33(28,32-9-13-3-4-15(29-2)14(20)7-13)11-30-6-5-25-10-22-16-17(25)23-19(21)24-18(16)27/h3-4,7,10H,5-6,8-9,11H2,1-2H3,(H3,21,23,24,27). The first kappa shape index (κ1) is 24.5. The van der Waals surface area contributed by atoms with Crippen molar-refractivity contribution >= 4 is 30.5 Å². The highest BCUT2D eigenvalue weighted by atomic mass is 31.2. The number of carbonyl (C=O) groups excluding carboxylic acids is 1. The number of imidazole rings is 1. The summed E-state index contributed by atoms with van der Waals surface area (Å²) in [5, 5.41) is 0. The molecule has 0 aliphatic carbocycles. The zero-order chi connectivity index (χ0) is 24.0. The maximum atomic E-state index is 13.9. The fourth-order valence-corrected chi connectivity index (χ4v) is 4.05. The van der Waals surface area contributed by atoms with E-state index in [2.05, 4.69) is 15.0 Å². The Kier molecular flexibility index (Phi) is 7.92. The molecule has 0 bridgehead atoms. The van der Waals surface area contributed by atoms with E-state index in [9.17, 15) is 18.5 Å². The number of methoxy groups -OCH3 is 1. The van der Waals surface area contributed by atoms with Crippen LogP contribution in [-0.2, 0) is 36.3 Å². The zero-order valence-electron chi connectivity index (χ0n) is 17.9. The quantitative estimate of drug-likeness (QED) is 0.287. The second kappa shape index (κ2) is 10.7. The number of Topliss-reactive ketones (excluding diaryl/α,β-unsaturated/α-hetero) is 1. The molecule has 3 N–H and O–H groups in total. The smallest absolute Gasteiger partial charge is 0.356 e. The Morgan fingerprint density at radius 2 is 2.12 bits per heavy atom. The number of aromatic nitrogens is 4. The molecule has 1 aromatic carbocycles. The molecule has 1 unspecified atom stereocenters. The van der Waals surface area contributed by atoms with Crippen molar-refractivity contribution in [1.82, 2.24) is 19.5 Å². The van der Waals surface area contributed by atoms with Crippen LogP contribution in [-0.4, -0.2) is 52.0 Å². The van der Waals surface area contributed by atoms with Gasteiger partial charge in [-0.2, -0.15) is 4.98 Å². The van der Waals surface area contributed by atoms with Gasteiger partial charge in [0.05, 0.1) is 26.7 Å². The molecule has 1 atom stereocenters. The Labute approximate surface area is 187 Å². The van der Waals surface area contributed by atoms with Gasteiger partial charge in [-0.3, -0.25) is 23.7 Å². The number of nitrogens with two attached hydrogens (primary N) is 1. The van der Waals surface area contributed by atoms with Crippen molar-refractivity contribution in [1.29, 1.82) is 0 Å². The summed E-state index contributed by atoms with van der Waals surface area (Å²) in [7, 11) is -2.52. The lowest BCUT2D eigenvalue weighted by molar-refractivity contribution is -0.119. The largest absolute Gasteiger partial charge is 0.494 e. The molecule has 14 heteroatoms. The van der Waals surface area contributed by atoms with Crippen molar-refractivity contribution in [3.05, 3.63) is 46.3 Å². The fraction of sp³-hybridized carbons (Fsp3) is 0.368. The van der Waals surface area contributed by atoms with Crippen LogP contribution in [0.15, 0.2) is 29.3 Å². The second-order valence-electron chi connectivity index (χ2n) is 6.93. The van der Waals surface area contributed by atoms with Crippen molar-refractivity contribution in [3.8, 4) is 5.75 Å². The van der Waals surface area contributed by atoms with E-state index < -0.39 is 31.9 Å². The number of hydrogen-bond donors (Lipinski definition) is 2. The lowest BCUT2D eigenvalue weighted by Gasteiger charge is -2.18. The number of nitrogens with zero attached hydrogens (tertiary/aromatic N) is 3. The Morgan fingerprint density at radius 3 is 2.82 bits per heavy atom. The molecular weight excluding hydrogens is 460 g/mol. The number of fused-ring (bicyclic) bond motifs is 1. The predicted molar refractivity (Wildman–Crippen MR) is 115 cm³/mol. The van der Waals surface area contributed by atoms with Crippen LogP contribution >= 0.6 is 7.60 Å². The summed E-state index contributed by atoms with van der Waals surface area (Å²) < 4.78 is 49.3. The monoisotopic (exact) mass is 483 g/mol. The molecule has 0 saturated heterocycles. The highest BCUT2D eigenvalue weighted by molar-refractivity contribution is 7.53. The fourth-order valence-electron chi connectivity index (χ4n) is 2.75. The minimum Gasteiger partial charge on any atom is -0.494 e. The van der Waals surface area contributed by atoms with Crippen molar-refractivity contribution in [2.24, 2.45) is 0 Å². The van der Waals surface area contributed by atoms with Gasteiger partial charge in [-0.1, -0.05) is 6.07 Å². The third-order valence-electron chi connectivity index (χ3n) is 4.33. The number of halogens is 1. The summed E-state index contributed by atoms with van der Waals surface area (Å²) in [5.41, 5.74) is 5.87. The number of rotatable bonds is 12. The lowest BCUT2D eigenvalue weighted by atomic mass is 10.2. The van der Waals surface area contributed by atoms with Gasteiger partial charge < -0.3 is 24.3 Å².